The molecule has 2 rings (SSSR count). The number of carbonyl (C=O) groups is 1. The molecule has 1 aliphatic heterocycles. The molecule has 1 saturated heterocycles. The average molecular weight is 354 g/mol. The van der Waals surface area contributed by atoms with Gasteiger partial charge >= 0.3 is 0 Å². The molecule has 7 nitrogen and oxygen atoms in total. The van der Waals surface area contributed by atoms with Crippen LogP contribution in [0.2, 0.25) is 0 Å². The van der Waals surface area contributed by atoms with Crippen LogP contribution in [0.25, 0.3) is 0 Å². The molecule has 1 unspecified atom stereocenters. The molecule has 8 heteroatoms. The van der Waals surface area contributed by atoms with Gasteiger partial charge in [-0.3, -0.25) is 9.69 Å². The topological polar surface area (TPSA) is 90.5 Å². The van der Waals surface area contributed by atoms with Crippen molar-refractivity contribution < 1.29 is 13.2 Å². The van der Waals surface area contributed by atoms with Crippen LogP contribution in [0.15, 0.2) is 23.1 Å². The van der Waals surface area contributed by atoms with Crippen molar-refractivity contribution in [3.05, 3.63) is 23.8 Å². The normalized spacial score (nSPS) is 19.2. The fraction of sp³-hybridized carbons (Fsp3) is 0.562. The maximum atomic E-state index is 12.3. The van der Waals surface area contributed by atoms with Gasteiger partial charge in [0, 0.05) is 18.3 Å². The van der Waals surface area contributed by atoms with E-state index in [1.54, 1.807) is 19.1 Å². The Bertz CT molecular complexity index is 691. The number of anilines is 1. The molecule has 0 radical (unpaired) electrons. The van der Waals surface area contributed by atoms with E-state index in [-0.39, 0.29) is 10.8 Å². The molecule has 1 aliphatic rings. The largest absolute Gasteiger partial charge is 0.325 e. The number of piperidine rings is 1. The number of rotatable bonds is 6. The predicted molar refractivity (Wildman–Crippen MR) is 94.6 cm³/mol. The zero-order valence-corrected chi connectivity index (χ0v) is 15.2. The Hall–Kier alpha value is -1.48. The van der Waals surface area contributed by atoms with E-state index in [0.29, 0.717) is 23.8 Å². The zero-order valence-electron chi connectivity index (χ0n) is 14.4. The molecule has 0 saturated carbocycles. The van der Waals surface area contributed by atoms with E-state index in [2.05, 4.69) is 20.3 Å². The van der Waals surface area contributed by atoms with Crippen molar-refractivity contribution in [2.24, 2.45) is 0 Å². The lowest BCUT2D eigenvalue weighted by atomic mass is 10.1. The van der Waals surface area contributed by atoms with Crippen LogP contribution in [-0.2, 0) is 14.8 Å². The van der Waals surface area contributed by atoms with Gasteiger partial charge in [0.2, 0.25) is 15.9 Å². The Labute approximate surface area is 143 Å². The summed E-state index contributed by atoms with van der Waals surface area (Å²) in [5, 5.41) is 6.04. The zero-order chi connectivity index (χ0) is 17.7. The highest BCUT2D eigenvalue weighted by atomic mass is 32.2. The summed E-state index contributed by atoms with van der Waals surface area (Å²) in [6, 6.07) is 5.32. The molecule has 1 aromatic carbocycles. The van der Waals surface area contributed by atoms with Crippen LogP contribution in [-0.4, -0.2) is 59.0 Å². The maximum absolute atomic E-state index is 12.3. The average Bonchev–Trinajstić information content (AvgIpc) is 2.56. The second kappa shape index (κ2) is 8.06. The molecule has 1 amide bonds. The van der Waals surface area contributed by atoms with E-state index in [0.717, 1.165) is 25.9 Å². The first-order chi connectivity index (χ1) is 11.4. The van der Waals surface area contributed by atoms with Gasteiger partial charge in [-0.25, -0.2) is 13.1 Å². The number of nitrogens with zero attached hydrogens (tertiary/aromatic N) is 1. The monoisotopic (exact) mass is 354 g/mol. The summed E-state index contributed by atoms with van der Waals surface area (Å²) in [5.41, 5.74) is 1.12. The number of carbonyl (C=O) groups excluding carboxylic acids is 1. The molecule has 0 bridgehead atoms. The second-order valence-electron chi connectivity index (χ2n) is 6.10. The minimum atomic E-state index is -3.55. The van der Waals surface area contributed by atoms with Crippen LogP contribution in [0, 0.1) is 6.92 Å². The highest BCUT2D eigenvalue weighted by Crippen LogP contribution is 2.20. The predicted octanol–water partition coefficient (Wildman–Crippen LogP) is 0.525. The van der Waals surface area contributed by atoms with Gasteiger partial charge in [-0.2, -0.15) is 0 Å². The molecular weight excluding hydrogens is 328 g/mol. The van der Waals surface area contributed by atoms with Gasteiger partial charge in [0.1, 0.15) is 0 Å². The van der Waals surface area contributed by atoms with Crippen molar-refractivity contribution in [1.82, 2.24) is 14.9 Å². The van der Waals surface area contributed by atoms with Crippen LogP contribution < -0.4 is 15.4 Å². The third kappa shape index (κ3) is 4.76. The first-order valence-corrected chi connectivity index (χ1v) is 9.57. The van der Waals surface area contributed by atoms with Crippen molar-refractivity contribution in [3.63, 3.8) is 0 Å². The number of benzene rings is 1. The molecule has 0 aromatic heterocycles. The van der Waals surface area contributed by atoms with Crippen molar-refractivity contribution in [3.8, 4) is 0 Å². The van der Waals surface area contributed by atoms with E-state index in [4.69, 9.17) is 0 Å². The first-order valence-electron chi connectivity index (χ1n) is 8.09. The van der Waals surface area contributed by atoms with Gasteiger partial charge < -0.3 is 10.6 Å². The summed E-state index contributed by atoms with van der Waals surface area (Å²) < 4.78 is 26.3. The minimum Gasteiger partial charge on any atom is -0.325 e. The summed E-state index contributed by atoms with van der Waals surface area (Å²) in [7, 11) is -0.241. The number of hydrogen-bond donors (Lipinski definition) is 3. The lowest BCUT2D eigenvalue weighted by molar-refractivity contribution is -0.117. The van der Waals surface area contributed by atoms with Gasteiger partial charge in [0.15, 0.2) is 0 Å². The third-order valence-corrected chi connectivity index (χ3v) is 5.87. The number of likely N-dealkylation sites (N-methyl/N-ethyl adjacent to an activating group) is 1. The molecule has 1 heterocycles. The molecule has 0 aliphatic carbocycles. The Morgan fingerprint density at radius 2 is 2.08 bits per heavy atom. The van der Waals surface area contributed by atoms with Gasteiger partial charge in [0.05, 0.1) is 11.4 Å². The summed E-state index contributed by atoms with van der Waals surface area (Å²) in [4.78, 5) is 14.5. The lowest BCUT2D eigenvalue weighted by Gasteiger charge is -2.31. The molecule has 0 spiro atoms. The van der Waals surface area contributed by atoms with E-state index in [1.165, 1.54) is 13.1 Å². The highest BCUT2D eigenvalue weighted by molar-refractivity contribution is 7.89. The Kier molecular flexibility index (Phi) is 6.34. The Morgan fingerprint density at radius 3 is 2.75 bits per heavy atom. The Balaban J connectivity index is 2.03. The molecule has 1 atom stereocenters. The van der Waals surface area contributed by atoms with Crippen LogP contribution in [0.3, 0.4) is 0 Å². The van der Waals surface area contributed by atoms with E-state index < -0.39 is 10.0 Å². The van der Waals surface area contributed by atoms with Gasteiger partial charge in [0.25, 0.3) is 0 Å². The smallest absolute Gasteiger partial charge is 0.240 e. The van der Waals surface area contributed by atoms with Gasteiger partial charge in [-0.1, -0.05) is 6.07 Å². The van der Waals surface area contributed by atoms with Gasteiger partial charge in [-0.15, -0.1) is 0 Å². The molecule has 1 fully saturated rings. The fourth-order valence-corrected chi connectivity index (χ4v) is 3.91. The first kappa shape index (κ1) is 18.9. The van der Waals surface area contributed by atoms with Crippen LogP contribution in [0.4, 0.5) is 5.69 Å². The number of amides is 1. The summed E-state index contributed by atoms with van der Waals surface area (Å²) >= 11 is 0. The molecular formula is C16H26N4O3S. The molecule has 3 N–H and O–H groups in total. The molecule has 1 aromatic rings. The molecule has 134 valence electrons. The van der Waals surface area contributed by atoms with Crippen molar-refractivity contribution in [2.75, 3.05) is 39.0 Å². The fourth-order valence-electron chi connectivity index (χ4n) is 2.92. The lowest BCUT2D eigenvalue weighted by Crippen LogP contribution is -2.46. The van der Waals surface area contributed by atoms with Crippen LogP contribution in [0.1, 0.15) is 18.4 Å². The van der Waals surface area contributed by atoms with E-state index in [1.807, 2.05) is 7.05 Å². The highest BCUT2D eigenvalue weighted by Gasteiger charge is 2.21. The van der Waals surface area contributed by atoms with Crippen LogP contribution in [0.5, 0.6) is 0 Å². The van der Waals surface area contributed by atoms with Gasteiger partial charge in [-0.05, 0) is 58.1 Å². The third-order valence-electron chi connectivity index (χ3n) is 4.31. The Morgan fingerprint density at radius 1 is 1.33 bits per heavy atom. The quantitative estimate of drug-likeness (QED) is 0.693. The number of nitrogens with one attached hydrogen (secondary N) is 3. The van der Waals surface area contributed by atoms with Crippen LogP contribution >= 0.6 is 0 Å². The number of aryl methyl sites for hydroxylation is 1. The SMILES string of the molecule is CNC1CCCN(CC(=O)Nc2ccc(C)c(S(=O)(=O)NC)c2)C1. The molecule has 24 heavy (non-hydrogen) atoms. The summed E-state index contributed by atoms with van der Waals surface area (Å²) in [5.74, 6) is -0.136. The summed E-state index contributed by atoms with van der Waals surface area (Å²) in [6.45, 7) is 3.78. The summed E-state index contributed by atoms with van der Waals surface area (Å²) in [6.07, 6.45) is 2.19. The number of sulfonamides is 1. The van der Waals surface area contributed by atoms with E-state index in [9.17, 15) is 13.2 Å². The standard InChI is InChI=1S/C16H26N4O3S/c1-12-6-7-13(9-15(12)24(22,23)18-3)19-16(21)11-20-8-4-5-14(10-20)17-2/h6-7,9,14,17-18H,4-5,8,10-11H2,1-3H3,(H,19,21). The van der Waals surface area contributed by atoms with Crippen molar-refractivity contribution >= 4 is 21.6 Å². The van der Waals surface area contributed by atoms with E-state index >= 15 is 0 Å². The van der Waals surface area contributed by atoms with Crippen molar-refractivity contribution in [1.29, 1.82) is 0 Å². The minimum absolute atomic E-state index is 0.136. The second-order valence-corrected chi connectivity index (χ2v) is 7.95. The number of hydrogen-bond acceptors (Lipinski definition) is 5. The van der Waals surface area contributed by atoms with Crippen molar-refractivity contribution in [2.45, 2.75) is 30.7 Å². The number of likely N-dealkylation sites (tertiary alicyclic amines) is 1. The maximum Gasteiger partial charge on any atom is 0.240 e.